The minimum Gasteiger partial charge on any atom is -0.481 e. The maximum atomic E-state index is 9.72. The van der Waals surface area contributed by atoms with Crippen molar-refractivity contribution in [1.29, 1.82) is 0 Å². The molecule has 0 fully saturated rings. The lowest BCUT2D eigenvalue weighted by Crippen LogP contribution is -2.22. The Balaban J connectivity index is 0.000000188. The summed E-state index contributed by atoms with van der Waals surface area (Å²) in [5.74, 6) is -2.85. The molecule has 0 amide bonds. The Hall–Kier alpha value is -2.51. The lowest BCUT2D eigenvalue weighted by molar-refractivity contribution is -0.152. The summed E-state index contributed by atoms with van der Waals surface area (Å²) in [7, 11) is 0. The molecule has 2 aromatic carbocycles. The molecule has 1 atom stereocenters. The standard InChI is InChI=1S/C12H9NS.C4H6O5/c1-3-7-11-9(5-1)13-10-6-2-4-8-12(10)14-11;5-2(4(8)9)1-3(6)7/h1-8,13H;2,5H,1H2,(H,6,7)(H,8,9). The minimum atomic E-state index is -1.79. The quantitative estimate of drug-likeness (QED) is 0.584. The largest absolute Gasteiger partial charge is 0.481 e. The summed E-state index contributed by atoms with van der Waals surface area (Å²) in [4.78, 5) is 22.0. The van der Waals surface area contributed by atoms with Crippen LogP contribution < -0.4 is 5.32 Å². The number of nitrogens with one attached hydrogen (secondary N) is 1. The molecule has 0 bridgehead atoms. The van der Waals surface area contributed by atoms with Gasteiger partial charge in [0.1, 0.15) is 0 Å². The molecule has 0 radical (unpaired) electrons. The molecule has 1 aliphatic rings. The van der Waals surface area contributed by atoms with Crippen molar-refractivity contribution >= 4 is 35.1 Å². The van der Waals surface area contributed by atoms with Gasteiger partial charge in [-0.1, -0.05) is 36.0 Å². The number of hydrogen-bond acceptors (Lipinski definition) is 5. The number of carboxylic acid groups (broad SMARTS) is 2. The van der Waals surface area contributed by atoms with Gasteiger partial charge in [-0.3, -0.25) is 4.79 Å². The molecule has 0 aliphatic carbocycles. The van der Waals surface area contributed by atoms with Crippen molar-refractivity contribution < 1.29 is 24.9 Å². The van der Waals surface area contributed by atoms with Gasteiger partial charge in [-0.2, -0.15) is 0 Å². The lowest BCUT2D eigenvalue weighted by Gasteiger charge is -2.19. The summed E-state index contributed by atoms with van der Waals surface area (Å²) in [5.41, 5.74) is 2.41. The average Bonchev–Trinajstić information content (AvgIpc) is 2.52. The number of aliphatic hydroxyl groups is 1. The monoisotopic (exact) mass is 333 g/mol. The molecule has 1 aliphatic heterocycles. The number of fused-ring (bicyclic) bond motifs is 2. The van der Waals surface area contributed by atoms with Crippen molar-refractivity contribution in [2.24, 2.45) is 0 Å². The minimum absolute atomic E-state index is 0.755. The summed E-state index contributed by atoms with van der Waals surface area (Å²) in [5, 5.41) is 27.6. The second-order valence-corrected chi connectivity index (χ2v) is 5.76. The van der Waals surface area contributed by atoms with Crippen molar-refractivity contribution in [3.8, 4) is 0 Å². The van der Waals surface area contributed by atoms with Crippen LogP contribution in [0.5, 0.6) is 0 Å². The van der Waals surface area contributed by atoms with Crippen LogP contribution in [-0.2, 0) is 9.59 Å². The van der Waals surface area contributed by atoms with E-state index in [2.05, 4.69) is 53.8 Å². The van der Waals surface area contributed by atoms with Gasteiger partial charge in [0.2, 0.25) is 0 Å². The molecule has 3 rings (SSSR count). The highest BCUT2D eigenvalue weighted by Gasteiger charge is 2.16. The smallest absolute Gasteiger partial charge is 0.333 e. The molecule has 1 unspecified atom stereocenters. The maximum Gasteiger partial charge on any atom is 0.333 e. The van der Waals surface area contributed by atoms with Crippen LogP contribution in [0, 0.1) is 0 Å². The van der Waals surface area contributed by atoms with E-state index in [1.807, 2.05) is 11.8 Å². The van der Waals surface area contributed by atoms with Crippen molar-refractivity contribution in [2.45, 2.75) is 22.3 Å². The molecule has 0 saturated heterocycles. The molecule has 120 valence electrons. The average molecular weight is 333 g/mol. The number of aliphatic hydroxyl groups excluding tert-OH is 1. The van der Waals surface area contributed by atoms with Crippen LogP contribution in [0.4, 0.5) is 11.4 Å². The Morgan fingerprint density at radius 3 is 1.83 bits per heavy atom. The molecule has 4 N–H and O–H groups in total. The zero-order valence-corrected chi connectivity index (χ0v) is 12.8. The number of aliphatic carboxylic acids is 2. The van der Waals surface area contributed by atoms with E-state index in [-0.39, 0.29) is 0 Å². The molecular formula is C16H15NO5S. The van der Waals surface area contributed by atoms with E-state index in [4.69, 9.17) is 15.3 Å². The molecular weight excluding hydrogens is 318 g/mol. The second-order valence-electron chi connectivity index (χ2n) is 4.67. The van der Waals surface area contributed by atoms with Gasteiger partial charge in [-0.15, -0.1) is 0 Å². The zero-order chi connectivity index (χ0) is 16.8. The fourth-order valence-corrected chi connectivity index (χ4v) is 2.82. The Morgan fingerprint density at radius 1 is 0.957 bits per heavy atom. The van der Waals surface area contributed by atoms with E-state index in [9.17, 15) is 9.59 Å². The highest BCUT2D eigenvalue weighted by Crippen LogP contribution is 2.43. The molecule has 0 saturated carbocycles. The summed E-state index contributed by atoms with van der Waals surface area (Å²) in [6.45, 7) is 0. The van der Waals surface area contributed by atoms with Crippen molar-refractivity contribution in [3.05, 3.63) is 48.5 Å². The number of rotatable bonds is 3. The van der Waals surface area contributed by atoms with Crippen molar-refractivity contribution in [3.63, 3.8) is 0 Å². The van der Waals surface area contributed by atoms with E-state index < -0.39 is 24.5 Å². The second kappa shape index (κ2) is 7.66. The van der Waals surface area contributed by atoms with Gasteiger partial charge in [0.25, 0.3) is 0 Å². The van der Waals surface area contributed by atoms with Crippen LogP contribution >= 0.6 is 11.8 Å². The van der Waals surface area contributed by atoms with Crippen molar-refractivity contribution in [2.75, 3.05) is 5.32 Å². The van der Waals surface area contributed by atoms with Gasteiger partial charge in [-0.05, 0) is 24.3 Å². The summed E-state index contributed by atoms with van der Waals surface area (Å²) in [6, 6.07) is 16.8. The summed E-state index contributed by atoms with van der Waals surface area (Å²) < 4.78 is 0. The predicted octanol–water partition coefficient (Wildman–Crippen LogP) is 2.80. The first kappa shape index (κ1) is 16.9. The lowest BCUT2D eigenvalue weighted by atomic mass is 10.2. The molecule has 2 aromatic rings. The number of anilines is 2. The van der Waals surface area contributed by atoms with Gasteiger partial charge < -0.3 is 20.6 Å². The third-order valence-electron chi connectivity index (χ3n) is 2.92. The van der Waals surface area contributed by atoms with E-state index in [0.717, 1.165) is 0 Å². The van der Waals surface area contributed by atoms with Crippen LogP contribution in [0.25, 0.3) is 0 Å². The molecule has 6 nitrogen and oxygen atoms in total. The molecule has 23 heavy (non-hydrogen) atoms. The van der Waals surface area contributed by atoms with Gasteiger partial charge >= 0.3 is 11.9 Å². The van der Waals surface area contributed by atoms with E-state index >= 15 is 0 Å². The Labute approximate surface area is 136 Å². The maximum absolute atomic E-state index is 9.72. The van der Waals surface area contributed by atoms with Gasteiger partial charge in [0.05, 0.1) is 17.8 Å². The number of carboxylic acids is 2. The molecule has 1 heterocycles. The van der Waals surface area contributed by atoms with Crippen LogP contribution in [0.2, 0.25) is 0 Å². The van der Waals surface area contributed by atoms with E-state index in [1.165, 1.54) is 21.2 Å². The SMILES string of the molecule is O=C(O)CC(O)C(=O)O.c1ccc2c(c1)Nc1ccccc1S2. The summed E-state index contributed by atoms with van der Waals surface area (Å²) >= 11 is 1.82. The predicted molar refractivity (Wildman–Crippen MR) is 86.2 cm³/mol. The Morgan fingerprint density at radius 2 is 1.43 bits per heavy atom. The highest BCUT2D eigenvalue weighted by atomic mass is 32.2. The van der Waals surface area contributed by atoms with Gasteiger partial charge in [0.15, 0.2) is 6.10 Å². The zero-order valence-electron chi connectivity index (χ0n) is 12.0. The Bertz CT molecular complexity index is 632. The number of carbonyl (C=O) groups is 2. The van der Waals surface area contributed by atoms with Crippen molar-refractivity contribution in [1.82, 2.24) is 0 Å². The van der Waals surface area contributed by atoms with Crippen LogP contribution in [0.1, 0.15) is 6.42 Å². The number of hydrogen-bond donors (Lipinski definition) is 4. The first-order valence-corrected chi connectivity index (χ1v) is 7.54. The summed E-state index contributed by atoms with van der Waals surface area (Å²) in [6.07, 6.45) is -2.54. The molecule has 0 aromatic heterocycles. The first-order chi connectivity index (χ1) is 11.0. The third-order valence-corrected chi connectivity index (χ3v) is 4.07. The van der Waals surface area contributed by atoms with E-state index in [0.29, 0.717) is 0 Å². The molecule has 7 heteroatoms. The van der Waals surface area contributed by atoms with Crippen LogP contribution in [0.3, 0.4) is 0 Å². The fraction of sp³-hybridized carbons (Fsp3) is 0.125. The Kier molecular flexibility index (Phi) is 5.61. The van der Waals surface area contributed by atoms with Crippen LogP contribution in [-0.4, -0.2) is 33.4 Å². The number of benzene rings is 2. The highest BCUT2D eigenvalue weighted by molar-refractivity contribution is 7.99. The van der Waals surface area contributed by atoms with Gasteiger partial charge in [-0.25, -0.2) is 4.79 Å². The number of para-hydroxylation sites is 2. The van der Waals surface area contributed by atoms with E-state index in [1.54, 1.807) is 0 Å². The fourth-order valence-electron chi connectivity index (χ4n) is 1.83. The molecule has 0 spiro atoms. The van der Waals surface area contributed by atoms with Gasteiger partial charge in [0, 0.05) is 9.79 Å². The normalized spacial score (nSPS) is 12.6. The topological polar surface area (TPSA) is 107 Å². The van der Waals surface area contributed by atoms with Crippen LogP contribution in [0.15, 0.2) is 58.3 Å². The first-order valence-electron chi connectivity index (χ1n) is 6.73. The third kappa shape index (κ3) is 4.73.